The molecule has 3 aromatic rings. The summed E-state index contributed by atoms with van der Waals surface area (Å²) in [6.07, 6.45) is 2.83. The molecule has 1 aliphatic carbocycles. The van der Waals surface area contributed by atoms with Crippen LogP contribution in [0.1, 0.15) is 35.7 Å². The molecule has 2 heterocycles. The molecule has 0 radical (unpaired) electrons. The number of rotatable bonds is 4. The van der Waals surface area contributed by atoms with E-state index < -0.39 is 10.0 Å². The lowest BCUT2D eigenvalue weighted by atomic mass is 9.88. The van der Waals surface area contributed by atoms with Crippen molar-refractivity contribution in [3.8, 4) is 10.6 Å². The van der Waals surface area contributed by atoms with Crippen LogP contribution in [0.25, 0.3) is 10.6 Å². The molecule has 0 aliphatic heterocycles. The Morgan fingerprint density at radius 1 is 1.24 bits per heavy atom. The Balaban J connectivity index is 1.60. The van der Waals surface area contributed by atoms with Gasteiger partial charge >= 0.3 is 0 Å². The van der Waals surface area contributed by atoms with Crippen molar-refractivity contribution in [3.63, 3.8) is 0 Å². The summed E-state index contributed by atoms with van der Waals surface area (Å²) in [4.78, 5) is 0.841. The van der Waals surface area contributed by atoms with Gasteiger partial charge in [0.1, 0.15) is 9.90 Å². The number of aromatic amines is 1. The highest BCUT2D eigenvalue weighted by Gasteiger charge is 2.26. The lowest BCUT2D eigenvalue weighted by Gasteiger charge is -2.25. The van der Waals surface area contributed by atoms with Crippen molar-refractivity contribution < 1.29 is 8.42 Å². The van der Waals surface area contributed by atoms with Gasteiger partial charge < -0.3 is 0 Å². The average molecular weight is 374 g/mol. The Morgan fingerprint density at radius 2 is 2.08 bits per heavy atom. The SMILES string of the molecule is Cc1cc(-c2ccc(S(=O)(=O)NC3CCCc4ccccc43)s2)n[nH]1. The minimum Gasteiger partial charge on any atom is -0.282 e. The van der Waals surface area contributed by atoms with Crippen molar-refractivity contribution >= 4 is 21.4 Å². The summed E-state index contributed by atoms with van der Waals surface area (Å²) in [6.45, 7) is 1.92. The van der Waals surface area contributed by atoms with Crippen LogP contribution >= 0.6 is 11.3 Å². The van der Waals surface area contributed by atoms with Crippen molar-refractivity contribution in [1.82, 2.24) is 14.9 Å². The standard InChI is InChI=1S/C18H19N3O2S2/c1-12-11-16(20-19-12)17-9-10-18(24-17)25(22,23)21-15-8-4-6-13-5-2-3-7-14(13)15/h2-3,5,7,9-11,15,21H,4,6,8H2,1H3,(H,19,20). The number of nitrogens with zero attached hydrogens (tertiary/aromatic N) is 1. The molecule has 0 bridgehead atoms. The van der Waals surface area contributed by atoms with E-state index in [2.05, 4.69) is 21.0 Å². The first-order chi connectivity index (χ1) is 12.0. The molecule has 0 spiro atoms. The summed E-state index contributed by atoms with van der Waals surface area (Å²) >= 11 is 1.24. The summed E-state index contributed by atoms with van der Waals surface area (Å²) in [7, 11) is -3.55. The van der Waals surface area contributed by atoms with E-state index in [1.54, 1.807) is 6.07 Å². The van der Waals surface area contributed by atoms with Crippen LogP contribution in [-0.4, -0.2) is 18.6 Å². The van der Waals surface area contributed by atoms with Crippen LogP contribution in [0.15, 0.2) is 46.7 Å². The minimum atomic E-state index is -3.55. The zero-order valence-electron chi connectivity index (χ0n) is 13.8. The zero-order chi connectivity index (χ0) is 17.4. The predicted octanol–water partition coefficient (Wildman–Crippen LogP) is 3.80. The second-order valence-corrected chi connectivity index (χ2v) is 9.34. The molecule has 1 atom stereocenters. The predicted molar refractivity (Wildman–Crippen MR) is 99.1 cm³/mol. The number of H-pyrrole nitrogens is 1. The Labute approximate surface area is 151 Å². The molecule has 1 aliphatic rings. The van der Waals surface area contributed by atoms with E-state index in [0.717, 1.165) is 41.1 Å². The molecule has 2 aromatic heterocycles. The second-order valence-electron chi connectivity index (χ2n) is 6.32. The van der Waals surface area contributed by atoms with Gasteiger partial charge in [-0.25, -0.2) is 13.1 Å². The van der Waals surface area contributed by atoms with Gasteiger partial charge in [-0.3, -0.25) is 5.10 Å². The van der Waals surface area contributed by atoms with Gasteiger partial charge in [0, 0.05) is 11.7 Å². The highest BCUT2D eigenvalue weighted by Crippen LogP contribution is 2.33. The van der Waals surface area contributed by atoms with Gasteiger partial charge in [0.2, 0.25) is 0 Å². The fourth-order valence-electron chi connectivity index (χ4n) is 3.27. The van der Waals surface area contributed by atoms with Gasteiger partial charge in [-0.1, -0.05) is 24.3 Å². The van der Waals surface area contributed by atoms with Crippen molar-refractivity contribution in [1.29, 1.82) is 0 Å². The van der Waals surface area contributed by atoms with E-state index in [1.165, 1.54) is 16.9 Å². The number of benzene rings is 1. The van der Waals surface area contributed by atoms with Gasteiger partial charge in [-0.05, 0) is 55.5 Å². The summed E-state index contributed by atoms with van der Waals surface area (Å²) < 4.78 is 28.9. The molecule has 2 N–H and O–H groups in total. The summed E-state index contributed by atoms with van der Waals surface area (Å²) in [5.74, 6) is 0. The van der Waals surface area contributed by atoms with Crippen LogP contribution in [-0.2, 0) is 16.4 Å². The Kier molecular flexibility index (Phi) is 4.23. The first-order valence-electron chi connectivity index (χ1n) is 8.25. The van der Waals surface area contributed by atoms with Crippen LogP contribution in [0.4, 0.5) is 0 Å². The highest BCUT2D eigenvalue weighted by atomic mass is 32.2. The van der Waals surface area contributed by atoms with E-state index in [4.69, 9.17) is 0 Å². The van der Waals surface area contributed by atoms with Gasteiger partial charge in [-0.2, -0.15) is 5.10 Å². The maximum Gasteiger partial charge on any atom is 0.250 e. The normalized spacial score (nSPS) is 17.4. The maximum atomic E-state index is 12.8. The third-order valence-corrected chi connectivity index (χ3v) is 7.54. The van der Waals surface area contributed by atoms with Crippen LogP contribution < -0.4 is 4.72 Å². The second kappa shape index (κ2) is 6.40. The molecule has 1 aromatic carbocycles. The summed E-state index contributed by atoms with van der Waals surface area (Å²) in [6, 6.07) is 13.3. The molecule has 0 saturated heterocycles. The fraction of sp³-hybridized carbons (Fsp3) is 0.278. The number of hydrogen-bond acceptors (Lipinski definition) is 4. The number of aryl methyl sites for hydroxylation is 2. The van der Waals surface area contributed by atoms with E-state index in [0.29, 0.717) is 4.21 Å². The third kappa shape index (κ3) is 3.27. The van der Waals surface area contributed by atoms with Gasteiger partial charge in [0.25, 0.3) is 10.0 Å². The fourth-order valence-corrected chi connectivity index (χ4v) is 5.80. The molecule has 0 amide bonds. The van der Waals surface area contributed by atoms with Crippen LogP contribution in [0.5, 0.6) is 0 Å². The van der Waals surface area contributed by atoms with E-state index in [-0.39, 0.29) is 6.04 Å². The van der Waals surface area contributed by atoms with Crippen LogP contribution in [0, 0.1) is 6.92 Å². The van der Waals surface area contributed by atoms with Crippen LogP contribution in [0.2, 0.25) is 0 Å². The molecule has 5 nitrogen and oxygen atoms in total. The molecule has 0 saturated carbocycles. The van der Waals surface area contributed by atoms with Gasteiger partial charge in [0.15, 0.2) is 0 Å². The monoisotopic (exact) mass is 373 g/mol. The van der Waals surface area contributed by atoms with Crippen molar-refractivity contribution in [2.45, 2.75) is 36.4 Å². The molecular weight excluding hydrogens is 354 g/mol. The maximum absolute atomic E-state index is 12.8. The minimum absolute atomic E-state index is 0.159. The smallest absolute Gasteiger partial charge is 0.250 e. The first-order valence-corrected chi connectivity index (χ1v) is 10.6. The molecule has 4 rings (SSSR count). The molecule has 25 heavy (non-hydrogen) atoms. The number of aromatic nitrogens is 2. The van der Waals surface area contributed by atoms with Crippen molar-refractivity contribution in [3.05, 3.63) is 59.3 Å². The largest absolute Gasteiger partial charge is 0.282 e. The van der Waals surface area contributed by atoms with Gasteiger partial charge in [-0.15, -0.1) is 11.3 Å². The quantitative estimate of drug-likeness (QED) is 0.730. The van der Waals surface area contributed by atoms with Crippen molar-refractivity contribution in [2.75, 3.05) is 0 Å². The zero-order valence-corrected chi connectivity index (χ0v) is 15.5. The van der Waals surface area contributed by atoms with Gasteiger partial charge in [0.05, 0.1) is 4.88 Å². The highest BCUT2D eigenvalue weighted by molar-refractivity contribution is 7.91. The topological polar surface area (TPSA) is 74.8 Å². The summed E-state index contributed by atoms with van der Waals surface area (Å²) in [5.41, 5.74) is 4.05. The molecule has 130 valence electrons. The number of thiophene rings is 1. The summed E-state index contributed by atoms with van der Waals surface area (Å²) in [5, 5.41) is 7.08. The third-order valence-electron chi connectivity index (χ3n) is 4.47. The Morgan fingerprint density at radius 3 is 2.88 bits per heavy atom. The lowest BCUT2D eigenvalue weighted by molar-refractivity contribution is 0.508. The average Bonchev–Trinajstić information content (AvgIpc) is 3.24. The molecule has 7 heteroatoms. The lowest BCUT2D eigenvalue weighted by Crippen LogP contribution is -2.30. The Bertz CT molecular complexity index is 1000. The first kappa shape index (κ1) is 16.5. The van der Waals surface area contributed by atoms with Crippen molar-refractivity contribution in [2.24, 2.45) is 0 Å². The van der Waals surface area contributed by atoms with E-state index >= 15 is 0 Å². The molecule has 0 fully saturated rings. The number of fused-ring (bicyclic) bond motifs is 1. The molecular formula is C18H19N3O2S2. The Hall–Kier alpha value is -1.96. The number of hydrogen-bond donors (Lipinski definition) is 2. The van der Waals surface area contributed by atoms with Crippen LogP contribution in [0.3, 0.4) is 0 Å². The number of nitrogens with one attached hydrogen (secondary N) is 2. The van der Waals surface area contributed by atoms with E-state index in [1.807, 2.05) is 37.3 Å². The number of sulfonamides is 1. The van der Waals surface area contributed by atoms with E-state index in [9.17, 15) is 8.42 Å². The molecule has 1 unspecified atom stereocenters.